The third kappa shape index (κ3) is 10.9. The topological polar surface area (TPSA) is 46.1 Å². The average molecular weight is 328 g/mol. The van der Waals surface area contributed by atoms with Crippen LogP contribution in [-0.4, -0.2) is 0 Å². The second-order valence-electron chi connectivity index (χ2n) is 2.77. The van der Waals surface area contributed by atoms with Crippen molar-refractivity contribution >= 4 is 33.7 Å². The maximum Gasteiger partial charge on any atom is -0.160 e. The molecule has 1 aromatic carbocycles. The minimum absolute atomic E-state index is 1.36. The third-order valence-corrected chi connectivity index (χ3v) is 1.77. The standard InChI is InChI=1S/C8H9.Mo.H3O2PS2/c1-7-4-3-5-8(2)6-7;;1-3(2,4)5/h4-6H,1-2H3;;(H3,1,2,4,5)/q;+3;/p-3. The molecule has 0 heterocycles. The van der Waals surface area contributed by atoms with Crippen molar-refractivity contribution in [3.8, 4) is 0 Å². The van der Waals surface area contributed by atoms with Crippen LogP contribution >= 0.6 is 5.69 Å². The smallest absolute Gasteiger partial charge is 0.160 e. The summed E-state index contributed by atoms with van der Waals surface area (Å²) in [5.74, 6) is 0. The van der Waals surface area contributed by atoms with Gasteiger partial charge >= 0.3 is 66.9 Å². The van der Waals surface area contributed by atoms with Gasteiger partial charge in [-0.15, -0.1) is 0 Å². The van der Waals surface area contributed by atoms with Crippen LogP contribution in [0.15, 0.2) is 18.2 Å². The predicted molar refractivity (Wildman–Crippen MR) is 57.2 cm³/mol. The van der Waals surface area contributed by atoms with Gasteiger partial charge in [0.15, 0.2) is 0 Å². The first-order valence-corrected chi connectivity index (χ1v) is 8.32. The van der Waals surface area contributed by atoms with E-state index in [9.17, 15) is 9.79 Å². The van der Waals surface area contributed by atoms with Crippen LogP contribution in [0, 0.1) is 13.8 Å². The van der Waals surface area contributed by atoms with Crippen LogP contribution in [0.25, 0.3) is 0 Å². The van der Waals surface area contributed by atoms with Crippen molar-refractivity contribution < 1.29 is 29.6 Å². The second kappa shape index (κ2) is 6.42. The molecule has 0 aliphatic rings. The predicted octanol–water partition coefficient (Wildman–Crippen LogP) is -0.0461. The number of hydrogen-bond donors (Lipinski definition) is 0. The van der Waals surface area contributed by atoms with Crippen molar-refractivity contribution in [3.63, 3.8) is 0 Å². The molecule has 0 saturated carbocycles. The molecule has 0 aliphatic carbocycles. The number of aryl methyl sites for hydroxylation is 2. The maximum absolute atomic E-state index is 9.29. The molecule has 0 aromatic heterocycles. The van der Waals surface area contributed by atoms with Gasteiger partial charge in [-0.25, -0.2) is 0 Å². The van der Waals surface area contributed by atoms with Crippen LogP contribution < -0.4 is 13.7 Å². The minimum atomic E-state index is -3.72. The molecule has 0 aliphatic heterocycles. The average Bonchev–Trinajstić information content (AvgIpc) is 1.77. The fourth-order valence-electron chi connectivity index (χ4n) is 0.933. The van der Waals surface area contributed by atoms with E-state index in [0.29, 0.717) is 0 Å². The summed E-state index contributed by atoms with van der Waals surface area (Å²) in [6.45, 7) is 4.25. The van der Waals surface area contributed by atoms with E-state index in [2.05, 4.69) is 75.9 Å². The van der Waals surface area contributed by atoms with E-state index < -0.39 is 5.69 Å². The Morgan fingerprint density at radius 1 is 1.21 bits per heavy atom. The van der Waals surface area contributed by atoms with Crippen LogP contribution in [0.1, 0.15) is 11.1 Å². The summed E-state index contributed by atoms with van der Waals surface area (Å²) in [5.41, 5.74) is -1.01. The summed E-state index contributed by atoms with van der Waals surface area (Å²) in [6.07, 6.45) is 0. The Labute approximate surface area is 106 Å². The van der Waals surface area contributed by atoms with Crippen LogP contribution in [0.5, 0.6) is 0 Å². The van der Waals surface area contributed by atoms with Crippen LogP contribution in [0.4, 0.5) is 0 Å². The van der Waals surface area contributed by atoms with Crippen molar-refractivity contribution in [3.05, 3.63) is 29.3 Å². The fraction of sp³-hybridized carbons (Fsp3) is 0.250. The monoisotopic (exact) mass is 330 g/mol. The molecule has 76 valence electrons. The summed E-state index contributed by atoms with van der Waals surface area (Å²) in [7, 11) is 0. The fourth-order valence-corrected chi connectivity index (χ4v) is 1.85. The number of benzene rings is 1. The van der Waals surface area contributed by atoms with E-state index in [1.807, 2.05) is 0 Å². The molecule has 1 rings (SSSR count). The zero-order valence-electron chi connectivity index (χ0n) is 7.72. The zero-order chi connectivity index (χ0) is 11.4. The van der Waals surface area contributed by atoms with Crippen molar-refractivity contribution in [2.45, 2.75) is 13.8 Å². The molecular weight excluding hydrogens is 319 g/mol. The molecule has 0 amide bonds. The van der Waals surface area contributed by atoms with Gasteiger partial charge in [-0.2, -0.15) is 11.8 Å². The van der Waals surface area contributed by atoms with Gasteiger partial charge in [-0.3, -0.25) is 0 Å². The van der Waals surface area contributed by atoms with Gasteiger partial charge < -0.3 is 27.7 Å². The molecule has 6 heteroatoms. The zero-order valence-corrected chi connectivity index (χ0v) is 12.3. The van der Waals surface area contributed by atoms with Crippen molar-refractivity contribution in [1.29, 1.82) is 0 Å². The number of hydrogen-bond acceptors (Lipinski definition) is 4. The first kappa shape index (κ1) is 14.8. The van der Waals surface area contributed by atoms with Crippen molar-refractivity contribution in [2.75, 3.05) is 0 Å². The van der Waals surface area contributed by atoms with E-state index in [1.54, 1.807) is 0 Å². The summed E-state index contributed by atoms with van der Waals surface area (Å²) in [4.78, 5) is 18.6. The second-order valence-corrected chi connectivity index (χ2v) is 8.40. The molecule has 0 fully saturated rings. The maximum atomic E-state index is 9.29. The summed E-state index contributed by atoms with van der Waals surface area (Å²) < 4.78 is 1.36. The Morgan fingerprint density at radius 3 is 1.71 bits per heavy atom. The third-order valence-electron chi connectivity index (χ3n) is 1.20. The van der Waals surface area contributed by atoms with E-state index in [0.717, 1.165) is 0 Å². The SMILES string of the molecule is Cc1cc(C)c[c]([Mo+3])c1.[O-]P([O-])(=S)[S-]. The van der Waals surface area contributed by atoms with E-state index in [1.165, 1.54) is 15.1 Å². The van der Waals surface area contributed by atoms with Crippen molar-refractivity contribution in [1.82, 2.24) is 0 Å². The van der Waals surface area contributed by atoms with E-state index in [4.69, 9.17) is 0 Å². The Bertz CT molecular complexity index is 292. The minimum Gasteiger partial charge on any atom is -0.850 e. The molecule has 0 unspecified atom stereocenters. The molecular formula is C8H9MoO2PS2. The molecule has 0 radical (unpaired) electrons. The molecule has 0 atom stereocenters. The molecule has 2 nitrogen and oxygen atoms in total. The van der Waals surface area contributed by atoms with Gasteiger partial charge in [-0.1, -0.05) is 0 Å². The molecule has 0 saturated heterocycles. The van der Waals surface area contributed by atoms with Gasteiger partial charge in [0.05, 0.1) is 0 Å². The quantitative estimate of drug-likeness (QED) is 0.381. The molecule has 14 heavy (non-hydrogen) atoms. The van der Waals surface area contributed by atoms with Gasteiger partial charge in [0.1, 0.15) is 0 Å². The molecule has 0 spiro atoms. The Morgan fingerprint density at radius 2 is 1.50 bits per heavy atom. The van der Waals surface area contributed by atoms with Crippen molar-refractivity contribution in [2.24, 2.45) is 0 Å². The van der Waals surface area contributed by atoms with Crippen LogP contribution in [0.2, 0.25) is 0 Å². The Kier molecular flexibility index (Phi) is 6.80. The normalized spacial score (nSPS) is 10.3. The molecule has 0 N–H and O–H groups in total. The first-order valence-electron chi connectivity index (χ1n) is 3.67. The number of rotatable bonds is 0. The van der Waals surface area contributed by atoms with E-state index in [-0.39, 0.29) is 0 Å². The molecule has 1 aromatic rings. The Balaban J connectivity index is 0.000000292. The van der Waals surface area contributed by atoms with Gasteiger partial charge in [0.2, 0.25) is 0 Å². The van der Waals surface area contributed by atoms with Crippen LogP contribution in [0.3, 0.4) is 0 Å². The first-order chi connectivity index (χ1) is 6.18. The van der Waals surface area contributed by atoms with E-state index >= 15 is 0 Å². The Hall–Kier alpha value is 0.828. The molecule has 0 bridgehead atoms. The summed E-state index contributed by atoms with van der Waals surface area (Å²) in [6, 6.07) is 6.57. The van der Waals surface area contributed by atoms with Gasteiger partial charge in [0, 0.05) is 0 Å². The van der Waals surface area contributed by atoms with Gasteiger partial charge in [-0.05, 0) is 0 Å². The summed E-state index contributed by atoms with van der Waals surface area (Å²) >= 11 is 9.34. The largest absolute Gasteiger partial charge is 0.850 e. The summed E-state index contributed by atoms with van der Waals surface area (Å²) in [5, 5.41) is 0. The van der Waals surface area contributed by atoms with Crippen LogP contribution in [-0.2, 0) is 43.9 Å². The van der Waals surface area contributed by atoms with Gasteiger partial charge in [0.25, 0.3) is 0 Å².